The van der Waals surface area contributed by atoms with Crippen LogP contribution in [0.2, 0.25) is 0 Å². The molecule has 0 radical (unpaired) electrons. The maximum absolute atomic E-state index is 11.5. The molecule has 0 atom stereocenters. The highest BCUT2D eigenvalue weighted by atomic mass is 16.2. The summed E-state index contributed by atoms with van der Waals surface area (Å²) in [6.45, 7) is 1.83. The van der Waals surface area contributed by atoms with Crippen LogP contribution >= 0.6 is 0 Å². The fourth-order valence-electron chi connectivity index (χ4n) is 1.63. The molecule has 5 heteroatoms. The first-order chi connectivity index (χ1) is 6.66. The highest BCUT2D eigenvalue weighted by Gasteiger charge is 2.25. The summed E-state index contributed by atoms with van der Waals surface area (Å²) in [5, 5.41) is 5.55. The first-order valence-electron chi connectivity index (χ1n) is 4.86. The van der Waals surface area contributed by atoms with Crippen LogP contribution in [0.4, 0.5) is 0 Å². The second-order valence-corrected chi connectivity index (χ2v) is 3.48. The summed E-state index contributed by atoms with van der Waals surface area (Å²) in [5.41, 5.74) is 0. The Morgan fingerprint density at radius 2 is 1.93 bits per heavy atom. The summed E-state index contributed by atoms with van der Waals surface area (Å²) in [5.74, 6) is -0.981. The quantitative estimate of drug-likeness (QED) is 0.529. The number of carbonyl (C=O) groups is 2. The third-order valence-electron chi connectivity index (χ3n) is 2.60. The van der Waals surface area contributed by atoms with Gasteiger partial charge in [-0.1, -0.05) is 0 Å². The number of rotatable bonds is 1. The van der Waals surface area contributed by atoms with Crippen LogP contribution in [-0.2, 0) is 9.59 Å². The lowest BCUT2D eigenvalue weighted by Crippen LogP contribution is -2.48. The Kier molecular flexibility index (Phi) is 3.88. The molecule has 0 saturated carbocycles. The Morgan fingerprint density at radius 3 is 2.43 bits per heavy atom. The van der Waals surface area contributed by atoms with E-state index in [1.165, 1.54) is 7.05 Å². The van der Waals surface area contributed by atoms with Gasteiger partial charge in [0, 0.05) is 20.1 Å². The predicted octanol–water partition coefficient (Wildman–Crippen LogP) is -1.06. The third kappa shape index (κ3) is 2.45. The van der Waals surface area contributed by atoms with E-state index in [4.69, 9.17) is 0 Å². The molecule has 1 saturated heterocycles. The Hall–Kier alpha value is -1.10. The van der Waals surface area contributed by atoms with Gasteiger partial charge in [0.2, 0.25) is 0 Å². The maximum atomic E-state index is 11.5. The smallest absolute Gasteiger partial charge is 0.311 e. The summed E-state index contributed by atoms with van der Waals surface area (Å²) in [6.07, 6.45) is 1.83. The minimum atomic E-state index is -0.536. The number of piperidine rings is 1. The van der Waals surface area contributed by atoms with Crippen LogP contribution in [0.25, 0.3) is 0 Å². The zero-order valence-corrected chi connectivity index (χ0v) is 8.67. The van der Waals surface area contributed by atoms with Gasteiger partial charge in [-0.25, -0.2) is 0 Å². The normalized spacial score (nSPS) is 17.6. The van der Waals surface area contributed by atoms with Crippen molar-refractivity contribution in [2.24, 2.45) is 0 Å². The molecule has 1 heterocycles. The van der Waals surface area contributed by atoms with E-state index in [9.17, 15) is 9.59 Å². The number of hydrogen-bond acceptors (Lipinski definition) is 3. The third-order valence-corrected chi connectivity index (χ3v) is 2.60. The van der Waals surface area contributed by atoms with Gasteiger partial charge in [-0.15, -0.1) is 0 Å². The van der Waals surface area contributed by atoms with Crippen LogP contribution in [0, 0.1) is 0 Å². The van der Waals surface area contributed by atoms with E-state index in [0.717, 1.165) is 25.9 Å². The van der Waals surface area contributed by atoms with Crippen LogP contribution in [0.15, 0.2) is 0 Å². The first kappa shape index (κ1) is 11.0. The van der Waals surface area contributed by atoms with E-state index in [-0.39, 0.29) is 6.04 Å². The highest BCUT2D eigenvalue weighted by molar-refractivity contribution is 6.34. The number of likely N-dealkylation sites (N-methyl/N-ethyl adjacent to an activating group) is 2. The zero-order valence-electron chi connectivity index (χ0n) is 8.67. The molecule has 1 aliphatic heterocycles. The first-order valence-corrected chi connectivity index (χ1v) is 4.86. The van der Waals surface area contributed by atoms with E-state index in [1.54, 1.807) is 11.9 Å². The van der Waals surface area contributed by atoms with Crippen molar-refractivity contribution in [3.05, 3.63) is 0 Å². The molecule has 0 unspecified atom stereocenters. The molecular formula is C9H17N3O2. The molecule has 2 amide bonds. The molecule has 80 valence electrons. The molecule has 1 aliphatic rings. The van der Waals surface area contributed by atoms with Gasteiger partial charge in [-0.05, 0) is 25.9 Å². The number of carbonyl (C=O) groups excluding carboxylic acids is 2. The number of nitrogens with one attached hydrogen (secondary N) is 2. The second-order valence-electron chi connectivity index (χ2n) is 3.48. The summed E-state index contributed by atoms with van der Waals surface area (Å²) in [6, 6.07) is 0.195. The lowest BCUT2D eigenvalue weighted by atomic mass is 10.1. The van der Waals surface area contributed by atoms with Crippen molar-refractivity contribution in [1.82, 2.24) is 15.5 Å². The van der Waals surface area contributed by atoms with E-state index in [1.807, 2.05) is 0 Å². The minimum Gasteiger partial charge on any atom is -0.351 e. The van der Waals surface area contributed by atoms with E-state index in [0.29, 0.717) is 0 Å². The van der Waals surface area contributed by atoms with Crippen LogP contribution < -0.4 is 10.6 Å². The Labute approximate surface area is 83.8 Å². The van der Waals surface area contributed by atoms with Crippen molar-refractivity contribution in [2.45, 2.75) is 18.9 Å². The number of nitrogens with zero attached hydrogens (tertiary/aromatic N) is 1. The zero-order chi connectivity index (χ0) is 10.6. The molecule has 5 nitrogen and oxygen atoms in total. The van der Waals surface area contributed by atoms with Gasteiger partial charge in [0.1, 0.15) is 0 Å². The van der Waals surface area contributed by atoms with Gasteiger partial charge in [0.05, 0.1) is 0 Å². The molecule has 0 aromatic heterocycles. The average Bonchev–Trinajstić information content (AvgIpc) is 2.27. The Morgan fingerprint density at radius 1 is 1.36 bits per heavy atom. The van der Waals surface area contributed by atoms with Gasteiger partial charge in [0.15, 0.2) is 0 Å². The molecule has 0 aliphatic carbocycles. The van der Waals surface area contributed by atoms with Gasteiger partial charge in [-0.2, -0.15) is 0 Å². The lowest BCUT2D eigenvalue weighted by molar-refractivity contribution is -0.146. The molecule has 1 rings (SSSR count). The van der Waals surface area contributed by atoms with E-state index < -0.39 is 11.8 Å². The number of hydrogen-bond donors (Lipinski definition) is 2. The average molecular weight is 199 g/mol. The molecule has 2 N–H and O–H groups in total. The fraction of sp³-hybridized carbons (Fsp3) is 0.778. The van der Waals surface area contributed by atoms with Gasteiger partial charge in [-0.3, -0.25) is 9.59 Å². The van der Waals surface area contributed by atoms with Crippen molar-refractivity contribution in [3.63, 3.8) is 0 Å². The molecule has 0 spiro atoms. The van der Waals surface area contributed by atoms with Gasteiger partial charge < -0.3 is 15.5 Å². The van der Waals surface area contributed by atoms with Crippen molar-refractivity contribution in [2.75, 3.05) is 27.2 Å². The van der Waals surface area contributed by atoms with Gasteiger partial charge in [0.25, 0.3) is 0 Å². The summed E-state index contributed by atoms with van der Waals surface area (Å²) in [7, 11) is 3.16. The summed E-state index contributed by atoms with van der Waals surface area (Å²) < 4.78 is 0. The molecule has 14 heavy (non-hydrogen) atoms. The molecule has 0 aromatic carbocycles. The molecular weight excluding hydrogens is 182 g/mol. The molecule has 0 bridgehead atoms. The molecule has 0 aromatic rings. The molecule has 1 fully saturated rings. The second kappa shape index (κ2) is 4.95. The van der Waals surface area contributed by atoms with Crippen LogP contribution in [-0.4, -0.2) is 49.9 Å². The standard InChI is InChI=1S/C9H17N3O2/c1-10-8(13)9(14)12(2)7-3-5-11-6-4-7/h7,11H,3-6H2,1-2H3,(H,10,13). The van der Waals surface area contributed by atoms with E-state index in [2.05, 4.69) is 10.6 Å². The SMILES string of the molecule is CNC(=O)C(=O)N(C)C1CCNCC1. The topological polar surface area (TPSA) is 61.4 Å². The van der Waals surface area contributed by atoms with Crippen molar-refractivity contribution < 1.29 is 9.59 Å². The van der Waals surface area contributed by atoms with Gasteiger partial charge >= 0.3 is 11.8 Å². The Balaban J connectivity index is 2.50. The van der Waals surface area contributed by atoms with Crippen LogP contribution in [0.5, 0.6) is 0 Å². The largest absolute Gasteiger partial charge is 0.351 e. The van der Waals surface area contributed by atoms with Crippen molar-refractivity contribution >= 4 is 11.8 Å². The minimum absolute atomic E-state index is 0.195. The van der Waals surface area contributed by atoms with Crippen LogP contribution in [0.1, 0.15) is 12.8 Å². The maximum Gasteiger partial charge on any atom is 0.311 e. The van der Waals surface area contributed by atoms with Crippen LogP contribution in [0.3, 0.4) is 0 Å². The lowest BCUT2D eigenvalue weighted by Gasteiger charge is -2.30. The number of amides is 2. The Bertz CT molecular complexity index is 224. The summed E-state index contributed by atoms with van der Waals surface area (Å²) >= 11 is 0. The summed E-state index contributed by atoms with van der Waals surface area (Å²) in [4.78, 5) is 24.1. The van der Waals surface area contributed by atoms with E-state index >= 15 is 0 Å². The van der Waals surface area contributed by atoms with Crippen molar-refractivity contribution in [1.29, 1.82) is 0 Å². The predicted molar refractivity (Wildman–Crippen MR) is 52.7 cm³/mol. The van der Waals surface area contributed by atoms with Crippen molar-refractivity contribution in [3.8, 4) is 0 Å². The fourth-order valence-corrected chi connectivity index (χ4v) is 1.63. The monoisotopic (exact) mass is 199 g/mol. The highest BCUT2D eigenvalue weighted by Crippen LogP contribution is 2.09.